The molecule has 1 N–H and O–H groups in total. The molecular formula is C20H19Cl4N5O. The van der Waals surface area contributed by atoms with Gasteiger partial charge >= 0.3 is 0 Å². The molecule has 0 radical (unpaired) electrons. The molecule has 6 nitrogen and oxygen atoms in total. The van der Waals surface area contributed by atoms with Crippen molar-refractivity contribution in [3.05, 3.63) is 55.7 Å². The Hall–Kier alpha value is -1.86. The number of nitrogens with zero attached hydrogens (tertiary/aromatic N) is 4. The van der Waals surface area contributed by atoms with E-state index < -0.39 is 0 Å². The number of benzene rings is 1. The molecule has 0 spiro atoms. The van der Waals surface area contributed by atoms with Gasteiger partial charge in [-0.25, -0.2) is 0 Å². The third kappa shape index (κ3) is 5.24. The number of anilines is 2. The fourth-order valence-corrected chi connectivity index (χ4v) is 3.85. The Labute approximate surface area is 194 Å². The lowest BCUT2D eigenvalue weighted by atomic mass is 10.1. The van der Waals surface area contributed by atoms with Gasteiger partial charge in [0.2, 0.25) is 5.88 Å². The highest BCUT2D eigenvalue weighted by Crippen LogP contribution is 2.39. The molecule has 1 aromatic carbocycles. The molecule has 3 aromatic rings. The second kappa shape index (κ2) is 9.52. The van der Waals surface area contributed by atoms with Crippen molar-refractivity contribution in [2.45, 2.75) is 39.5 Å². The van der Waals surface area contributed by atoms with Crippen molar-refractivity contribution in [1.82, 2.24) is 20.4 Å². The SMILES string of the molecule is CC(C)c1cc(Nc2cc(Cl)c(Oc3cc(C(C)C)c(Cl)nn3)c(Cl)c2)nnc1Cl. The van der Waals surface area contributed by atoms with Gasteiger partial charge in [0.25, 0.3) is 0 Å². The third-order valence-corrected chi connectivity index (χ3v) is 5.40. The zero-order chi connectivity index (χ0) is 22.0. The molecular weight excluding hydrogens is 468 g/mol. The standard InChI is InChI=1S/C20H19Cl4N5O/c1-9(2)12-7-16(26-28-19(12)23)25-11-5-14(21)18(15(22)6-11)30-17-8-13(10(3)4)20(24)29-27-17/h5-10H,1-4H3,(H,25,26). The maximum Gasteiger partial charge on any atom is 0.239 e. The number of nitrogens with one attached hydrogen (secondary N) is 1. The average Bonchev–Trinajstić information content (AvgIpc) is 2.67. The molecule has 3 rings (SSSR count). The molecule has 158 valence electrons. The van der Waals surface area contributed by atoms with Gasteiger partial charge in [-0.15, -0.1) is 20.4 Å². The van der Waals surface area contributed by atoms with Gasteiger partial charge in [-0.05, 0) is 41.2 Å². The van der Waals surface area contributed by atoms with Gasteiger partial charge in [0.15, 0.2) is 21.9 Å². The minimum atomic E-state index is 0.157. The van der Waals surface area contributed by atoms with E-state index in [4.69, 9.17) is 51.1 Å². The maximum absolute atomic E-state index is 6.41. The highest BCUT2D eigenvalue weighted by atomic mass is 35.5. The Balaban J connectivity index is 1.86. The minimum Gasteiger partial charge on any atom is -0.434 e. The van der Waals surface area contributed by atoms with Crippen LogP contribution in [0.3, 0.4) is 0 Å². The van der Waals surface area contributed by atoms with E-state index in [1.165, 1.54) is 0 Å². The number of rotatable bonds is 6. The van der Waals surface area contributed by atoms with Gasteiger partial charge in [0.05, 0.1) is 10.0 Å². The van der Waals surface area contributed by atoms with Crippen LogP contribution in [-0.2, 0) is 0 Å². The summed E-state index contributed by atoms with van der Waals surface area (Å²) in [6.07, 6.45) is 0. The van der Waals surface area contributed by atoms with Gasteiger partial charge in [-0.3, -0.25) is 0 Å². The Morgan fingerprint density at radius 2 is 1.27 bits per heavy atom. The van der Waals surface area contributed by atoms with E-state index >= 15 is 0 Å². The summed E-state index contributed by atoms with van der Waals surface area (Å²) in [6, 6.07) is 6.89. The van der Waals surface area contributed by atoms with Crippen LogP contribution < -0.4 is 10.1 Å². The maximum atomic E-state index is 6.41. The molecule has 2 aromatic heterocycles. The van der Waals surface area contributed by atoms with Crippen molar-refractivity contribution >= 4 is 57.9 Å². The van der Waals surface area contributed by atoms with Crippen LogP contribution in [0.1, 0.15) is 50.7 Å². The van der Waals surface area contributed by atoms with E-state index in [-0.39, 0.29) is 23.5 Å². The summed E-state index contributed by atoms with van der Waals surface area (Å²) in [5.74, 6) is 1.39. The van der Waals surface area contributed by atoms with Gasteiger partial charge < -0.3 is 10.1 Å². The highest BCUT2D eigenvalue weighted by molar-refractivity contribution is 6.37. The molecule has 0 atom stereocenters. The first-order valence-electron chi connectivity index (χ1n) is 9.15. The van der Waals surface area contributed by atoms with Crippen molar-refractivity contribution < 1.29 is 4.74 Å². The molecule has 2 heterocycles. The van der Waals surface area contributed by atoms with E-state index in [9.17, 15) is 0 Å². The number of aromatic nitrogens is 4. The highest BCUT2D eigenvalue weighted by Gasteiger charge is 2.16. The molecule has 0 amide bonds. The lowest BCUT2D eigenvalue weighted by molar-refractivity contribution is 0.454. The van der Waals surface area contributed by atoms with Crippen LogP contribution in [0.25, 0.3) is 0 Å². The predicted octanol–water partition coefficient (Wildman–Crippen LogP) is 7.66. The largest absolute Gasteiger partial charge is 0.434 e. The first-order chi connectivity index (χ1) is 14.2. The summed E-state index contributed by atoms with van der Waals surface area (Å²) in [4.78, 5) is 0. The van der Waals surface area contributed by atoms with Gasteiger partial charge in [0.1, 0.15) is 0 Å². The molecule has 10 heteroatoms. The molecule has 0 bridgehead atoms. The van der Waals surface area contributed by atoms with Crippen molar-refractivity contribution in [3.63, 3.8) is 0 Å². The zero-order valence-corrected chi connectivity index (χ0v) is 19.7. The fraction of sp³-hybridized carbons (Fsp3) is 0.300. The van der Waals surface area contributed by atoms with E-state index in [1.807, 2.05) is 33.8 Å². The third-order valence-electron chi connectivity index (χ3n) is 4.25. The van der Waals surface area contributed by atoms with Crippen molar-refractivity contribution in [2.75, 3.05) is 5.32 Å². The molecule has 0 aliphatic rings. The van der Waals surface area contributed by atoms with Gasteiger partial charge in [-0.1, -0.05) is 74.1 Å². The lowest BCUT2D eigenvalue weighted by Gasteiger charge is -2.14. The van der Waals surface area contributed by atoms with E-state index in [1.54, 1.807) is 18.2 Å². The van der Waals surface area contributed by atoms with Gasteiger partial charge in [-0.2, -0.15) is 0 Å². The number of hydrogen-bond acceptors (Lipinski definition) is 6. The topological polar surface area (TPSA) is 72.8 Å². The van der Waals surface area contributed by atoms with E-state index in [0.29, 0.717) is 31.9 Å². The normalized spacial score (nSPS) is 11.3. The van der Waals surface area contributed by atoms with Crippen LogP contribution in [0.4, 0.5) is 11.5 Å². The first kappa shape index (κ1) is 22.8. The van der Waals surface area contributed by atoms with Crippen LogP contribution in [0.2, 0.25) is 20.4 Å². The van der Waals surface area contributed by atoms with Crippen molar-refractivity contribution in [1.29, 1.82) is 0 Å². The molecule has 30 heavy (non-hydrogen) atoms. The van der Waals surface area contributed by atoms with Crippen molar-refractivity contribution in [2.24, 2.45) is 0 Å². The molecule has 0 aliphatic heterocycles. The Morgan fingerprint density at radius 1 is 0.733 bits per heavy atom. The average molecular weight is 487 g/mol. The lowest BCUT2D eigenvalue weighted by Crippen LogP contribution is -2.01. The minimum absolute atomic E-state index is 0.157. The van der Waals surface area contributed by atoms with Gasteiger partial charge in [0, 0.05) is 11.8 Å². The van der Waals surface area contributed by atoms with E-state index in [0.717, 1.165) is 11.1 Å². The summed E-state index contributed by atoms with van der Waals surface area (Å²) in [5, 5.41) is 20.3. The van der Waals surface area contributed by atoms with E-state index in [2.05, 4.69) is 25.7 Å². The molecule has 0 fully saturated rings. The Morgan fingerprint density at radius 3 is 1.83 bits per heavy atom. The number of hydrogen-bond donors (Lipinski definition) is 1. The predicted molar refractivity (Wildman–Crippen MR) is 122 cm³/mol. The Bertz CT molecular complexity index is 1050. The second-order valence-corrected chi connectivity index (χ2v) is 8.74. The van der Waals surface area contributed by atoms with Crippen LogP contribution in [-0.4, -0.2) is 20.4 Å². The Kier molecular flexibility index (Phi) is 7.24. The van der Waals surface area contributed by atoms with Crippen LogP contribution >= 0.6 is 46.4 Å². The molecule has 0 aliphatic carbocycles. The quantitative estimate of drug-likeness (QED) is 0.385. The summed E-state index contributed by atoms with van der Waals surface area (Å²) in [6.45, 7) is 8.04. The summed E-state index contributed by atoms with van der Waals surface area (Å²) in [5.41, 5.74) is 2.32. The number of ether oxygens (including phenoxy) is 1. The molecule has 0 saturated heterocycles. The van der Waals surface area contributed by atoms with Crippen molar-refractivity contribution in [3.8, 4) is 11.6 Å². The molecule has 0 saturated carbocycles. The molecule has 0 unspecified atom stereocenters. The zero-order valence-electron chi connectivity index (χ0n) is 16.7. The van der Waals surface area contributed by atoms with Crippen LogP contribution in [0, 0.1) is 0 Å². The summed E-state index contributed by atoms with van der Waals surface area (Å²) in [7, 11) is 0. The number of halogens is 4. The smallest absolute Gasteiger partial charge is 0.239 e. The fourth-order valence-electron chi connectivity index (χ4n) is 2.67. The second-order valence-electron chi connectivity index (χ2n) is 7.21. The summed E-state index contributed by atoms with van der Waals surface area (Å²) < 4.78 is 5.79. The van der Waals surface area contributed by atoms with Crippen LogP contribution in [0.5, 0.6) is 11.6 Å². The summed E-state index contributed by atoms with van der Waals surface area (Å²) >= 11 is 25.0. The first-order valence-corrected chi connectivity index (χ1v) is 10.7. The van der Waals surface area contributed by atoms with Crippen LogP contribution in [0.15, 0.2) is 24.3 Å². The monoisotopic (exact) mass is 485 g/mol.